The number of carbonyl (C=O) groups excluding carboxylic acids is 2. The van der Waals surface area contributed by atoms with E-state index in [9.17, 15) is 18.0 Å². The Bertz CT molecular complexity index is 1490. The highest BCUT2D eigenvalue weighted by Gasteiger charge is 2.30. The van der Waals surface area contributed by atoms with E-state index in [0.29, 0.717) is 27.2 Å². The lowest BCUT2D eigenvalue weighted by atomic mass is 10.0. The van der Waals surface area contributed by atoms with E-state index in [1.807, 2.05) is 37.3 Å². The van der Waals surface area contributed by atoms with Crippen LogP contribution in [0.25, 0.3) is 0 Å². The first-order chi connectivity index (χ1) is 19.9. The van der Waals surface area contributed by atoms with Gasteiger partial charge in [-0.2, -0.15) is 0 Å². The predicted octanol–water partition coefficient (Wildman–Crippen LogP) is 7.01. The van der Waals surface area contributed by atoms with Crippen LogP contribution in [0.5, 0.6) is 0 Å². The lowest BCUT2D eigenvalue weighted by molar-refractivity contribution is -0.141. The first kappa shape index (κ1) is 34.0. The van der Waals surface area contributed by atoms with Gasteiger partial charge < -0.3 is 10.2 Å². The second-order valence-corrected chi connectivity index (χ2v) is 13.4. The summed E-state index contributed by atoms with van der Waals surface area (Å²) in [7, 11) is -3.74. The topological polar surface area (TPSA) is 86.8 Å². The molecule has 3 aromatic rings. The highest BCUT2D eigenvalue weighted by Crippen LogP contribution is 2.31. The molecule has 3 rings (SSSR count). The fraction of sp³-hybridized carbons (Fsp3) is 0.333. The smallest absolute Gasteiger partial charge is 0.243 e. The molecule has 0 bridgehead atoms. The Hall–Kier alpha value is -2.49. The van der Waals surface area contributed by atoms with Crippen molar-refractivity contribution >= 4 is 73.9 Å². The van der Waals surface area contributed by atoms with Gasteiger partial charge in [-0.25, -0.2) is 8.42 Å². The average molecular weight is 673 g/mol. The standard InChI is InChI=1S/C30H33Cl4N3O4S/c1-3-15-35-30(39)28(18-21-8-5-4-6-9-21)36(20-22-11-13-24(32)26(34)17-22)29(38)10-7-16-37(42(2,40)41)27-19-23(31)12-14-25(27)33/h4-6,8-9,11-14,17,19,28H,3,7,10,15-16,18,20H2,1-2H3,(H,35,39). The lowest BCUT2D eigenvalue weighted by Crippen LogP contribution is -2.50. The third-order valence-corrected chi connectivity index (χ3v) is 8.96. The molecule has 1 N–H and O–H groups in total. The summed E-state index contributed by atoms with van der Waals surface area (Å²) in [5, 5.41) is 4.18. The third kappa shape index (κ3) is 9.78. The van der Waals surface area contributed by atoms with Crippen molar-refractivity contribution in [1.29, 1.82) is 0 Å². The van der Waals surface area contributed by atoms with Crippen LogP contribution in [0.1, 0.15) is 37.3 Å². The molecule has 0 aliphatic heterocycles. The first-order valence-corrected chi connectivity index (χ1v) is 16.7. The van der Waals surface area contributed by atoms with Crippen LogP contribution in [0.2, 0.25) is 20.1 Å². The fourth-order valence-electron chi connectivity index (χ4n) is 4.41. The Morgan fingerprint density at radius 3 is 2.21 bits per heavy atom. The number of rotatable bonds is 14. The van der Waals surface area contributed by atoms with Crippen LogP contribution in [0.3, 0.4) is 0 Å². The summed E-state index contributed by atoms with van der Waals surface area (Å²) in [5.41, 5.74) is 1.81. The maximum Gasteiger partial charge on any atom is 0.243 e. The van der Waals surface area contributed by atoms with Gasteiger partial charge in [-0.15, -0.1) is 0 Å². The molecule has 226 valence electrons. The normalized spacial score (nSPS) is 12.0. The number of hydrogen-bond acceptors (Lipinski definition) is 4. The Kier molecular flexibility index (Phi) is 12.8. The zero-order valence-electron chi connectivity index (χ0n) is 23.3. The van der Waals surface area contributed by atoms with E-state index in [4.69, 9.17) is 46.4 Å². The van der Waals surface area contributed by atoms with Crippen molar-refractivity contribution in [3.63, 3.8) is 0 Å². The van der Waals surface area contributed by atoms with Crippen LogP contribution in [0.4, 0.5) is 5.69 Å². The van der Waals surface area contributed by atoms with E-state index in [0.717, 1.165) is 22.5 Å². The van der Waals surface area contributed by atoms with Crippen molar-refractivity contribution in [3.05, 3.63) is 97.9 Å². The van der Waals surface area contributed by atoms with Gasteiger partial charge in [0.05, 0.1) is 27.0 Å². The molecule has 0 spiro atoms. The van der Waals surface area contributed by atoms with Crippen molar-refractivity contribution in [2.24, 2.45) is 0 Å². The van der Waals surface area contributed by atoms with E-state index in [2.05, 4.69) is 5.32 Å². The first-order valence-electron chi connectivity index (χ1n) is 13.4. The number of carbonyl (C=O) groups is 2. The molecule has 0 aliphatic rings. The summed E-state index contributed by atoms with van der Waals surface area (Å²) < 4.78 is 26.5. The summed E-state index contributed by atoms with van der Waals surface area (Å²) in [4.78, 5) is 28.9. The van der Waals surface area contributed by atoms with Crippen molar-refractivity contribution in [2.45, 2.75) is 45.2 Å². The molecular weight excluding hydrogens is 640 g/mol. The largest absolute Gasteiger partial charge is 0.354 e. The second kappa shape index (κ2) is 15.8. The SMILES string of the molecule is CCCNC(=O)C(Cc1ccccc1)N(Cc1ccc(Cl)c(Cl)c1)C(=O)CCCN(c1cc(Cl)ccc1Cl)S(C)(=O)=O. The molecule has 1 unspecified atom stereocenters. The quantitative estimate of drug-likeness (QED) is 0.200. The molecule has 0 radical (unpaired) electrons. The molecule has 0 fully saturated rings. The fourth-order valence-corrected chi connectivity index (χ4v) is 6.14. The van der Waals surface area contributed by atoms with Gasteiger partial charge in [0.1, 0.15) is 6.04 Å². The number of nitrogens with one attached hydrogen (secondary N) is 1. The highest BCUT2D eigenvalue weighted by atomic mass is 35.5. The maximum absolute atomic E-state index is 13.9. The summed E-state index contributed by atoms with van der Waals surface area (Å²) in [5.74, 6) is -0.600. The average Bonchev–Trinajstić information content (AvgIpc) is 2.94. The van der Waals surface area contributed by atoms with E-state index < -0.39 is 16.1 Å². The van der Waals surface area contributed by atoms with Crippen LogP contribution in [-0.4, -0.2) is 50.5 Å². The van der Waals surface area contributed by atoms with Crippen LogP contribution in [0, 0.1) is 0 Å². The Balaban J connectivity index is 1.91. The number of nitrogens with zero attached hydrogens (tertiary/aromatic N) is 2. The minimum Gasteiger partial charge on any atom is -0.354 e. The van der Waals surface area contributed by atoms with Crippen LogP contribution < -0.4 is 9.62 Å². The van der Waals surface area contributed by atoms with Crippen LogP contribution >= 0.6 is 46.4 Å². The summed E-state index contributed by atoms with van der Waals surface area (Å²) in [6.07, 6.45) is 2.23. The molecule has 0 saturated carbocycles. The van der Waals surface area contributed by atoms with E-state index in [1.54, 1.807) is 24.3 Å². The van der Waals surface area contributed by atoms with Gasteiger partial charge in [0, 0.05) is 37.5 Å². The maximum atomic E-state index is 13.9. The molecule has 1 atom stereocenters. The number of benzene rings is 3. The highest BCUT2D eigenvalue weighted by molar-refractivity contribution is 7.92. The summed E-state index contributed by atoms with van der Waals surface area (Å²) >= 11 is 24.8. The monoisotopic (exact) mass is 671 g/mol. The molecule has 3 aromatic carbocycles. The number of halogens is 4. The molecule has 0 saturated heterocycles. The Labute approximate surface area is 267 Å². The van der Waals surface area contributed by atoms with Crippen molar-refractivity contribution < 1.29 is 18.0 Å². The molecule has 42 heavy (non-hydrogen) atoms. The van der Waals surface area contributed by atoms with Crippen molar-refractivity contribution in [3.8, 4) is 0 Å². The Morgan fingerprint density at radius 2 is 1.57 bits per heavy atom. The molecule has 2 amide bonds. The molecule has 0 aliphatic carbocycles. The molecule has 0 aromatic heterocycles. The second-order valence-electron chi connectivity index (χ2n) is 9.80. The molecule has 0 heterocycles. The summed E-state index contributed by atoms with van der Waals surface area (Å²) in [6, 6.07) is 18.2. The number of anilines is 1. The van der Waals surface area contributed by atoms with E-state index >= 15 is 0 Å². The molecular formula is C30H33Cl4N3O4S. The molecule has 12 heteroatoms. The number of hydrogen-bond donors (Lipinski definition) is 1. The van der Waals surface area contributed by atoms with E-state index in [-0.39, 0.29) is 54.9 Å². The minimum absolute atomic E-state index is 0.0172. The Morgan fingerprint density at radius 1 is 0.881 bits per heavy atom. The summed E-state index contributed by atoms with van der Waals surface area (Å²) in [6.45, 7) is 2.49. The predicted molar refractivity (Wildman–Crippen MR) is 172 cm³/mol. The molecule has 7 nitrogen and oxygen atoms in total. The minimum atomic E-state index is -3.74. The van der Waals surface area contributed by atoms with Gasteiger partial charge in [-0.3, -0.25) is 13.9 Å². The lowest BCUT2D eigenvalue weighted by Gasteiger charge is -2.32. The number of sulfonamides is 1. The van der Waals surface area contributed by atoms with Gasteiger partial charge in [0.25, 0.3) is 0 Å². The van der Waals surface area contributed by atoms with Gasteiger partial charge in [-0.1, -0.05) is 89.7 Å². The van der Waals surface area contributed by atoms with Gasteiger partial charge in [0.15, 0.2) is 0 Å². The van der Waals surface area contributed by atoms with Crippen molar-refractivity contribution in [2.75, 3.05) is 23.7 Å². The third-order valence-electron chi connectivity index (χ3n) is 6.49. The zero-order valence-corrected chi connectivity index (χ0v) is 27.2. The van der Waals surface area contributed by atoms with Gasteiger partial charge in [-0.05, 0) is 54.3 Å². The van der Waals surface area contributed by atoms with Gasteiger partial charge in [0.2, 0.25) is 21.8 Å². The number of amides is 2. The van der Waals surface area contributed by atoms with E-state index in [1.165, 1.54) is 17.0 Å². The van der Waals surface area contributed by atoms with Crippen LogP contribution in [-0.2, 0) is 32.6 Å². The zero-order chi connectivity index (χ0) is 30.9. The van der Waals surface area contributed by atoms with Crippen LogP contribution in [0.15, 0.2) is 66.7 Å². The van der Waals surface area contributed by atoms with Crippen molar-refractivity contribution in [1.82, 2.24) is 10.2 Å². The van der Waals surface area contributed by atoms with Gasteiger partial charge >= 0.3 is 0 Å².